The van der Waals surface area contributed by atoms with E-state index >= 15 is 0 Å². The van der Waals surface area contributed by atoms with Crippen molar-refractivity contribution >= 4 is 11.6 Å². The van der Waals surface area contributed by atoms with Gasteiger partial charge in [-0.2, -0.15) is 0 Å². The Morgan fingerprint density at radius 3 is 2.68 bits per heavy atom. The highest BCUT2D eigenvalue weighted by atomic mass is 16.2. The summed E-state index contributed by atoms with van der Waals surface area (Å²) in [6.45, 7) is 6.58. The third kappa shape index (κ3) is 4.08. The topological polar surface area (TPSA) is 52.6 Å². The van der Waals surface area contributed by atoms with Gasteiger partial charge in [0, 0.05) is 24.4 Å². The number of carbonyl (C=O) groups is 1. The van der Waals surface area contributed by atoms with Crippen molar-refractivity contribution in [2.75, 3.05) is 11.9 Å². The van der Waals surface area contributed by atoms with Gasteiger partial charge in [0.1, 0.15) is 0 Å². The molecule has 0 aromatic heterocycles. The van der Waals surface area contributed by atoms with E-state index in [1.165, 1.54) is 0 Å². The normalized spacial score (nSPS) is 23.5. The maximum atomic E-state index is 12.5. The number of carbonyl (C=O) groups excluding carboxylic acids is 1. The van der Waals surface area contributed by atoms with E-state index < -0.39 is 0 Å². The van der Waals surface area contributed by atoms with Gasteiger partial charge < -0.3 is 10.4 Å². The minimum Gasteiger partial charge on any atom is -0.396 e. The van der Waals surface area contributed by atoms with Crippen LogP contribution in [0.2, 0.25) is 0 Å². The number of aryl methyl sites for hydroxylation is 1. The monoisotopic (exact) mass is 304 g/mol. The average Bonchev–Trinajstić information content (AvgIpc) is 2.84. The van der Waals surface area contributed by atoms with Crippen molar-refractivity contribution in [1.82, 2.24) is 4.90 Å². The lowest BCUT2D eigenvalue weighted by Gasteiger charge is -2.31. The summed E-state index contributed by atoms with van der Waals surface area (Å²) in [6.07, 6.45) is 3.90. The Labute approximate surface area is 133 Å². The Kier molecular flexibility index (Phi) is 5.98. The zero-order chi connectivity index (χ0) is 16.1. The number of amides is 1. The van der Waals surface area contributed by atoms with Gasteiger partial charge in [0.2, 0.25) is 5.91 Å². The number of rotatable bonds is 6. The molecule has 22 heavy (non-hydrogen) atoms. The second-order valence-corrected chi connectivity index (χ2v) is 6.42. The molecule has 0 spiro atoms. The summed E-state index contributed by atoms with van der Waals surface area (Å²) in [5, 5.41) is 11.9. The van der Waals surface area contributed by atoms with Crippen LogP contribution in [0.1, 0.15) is 45.6 Å². The molecule has 1 heterocycles. The number of benzene rings is 1. The van der Waals surface area contributed by atoms with Crippen LogP contribution >= 0.6 is 0 Å². The molecule has 0 aliphatic carbocycles. The van der Waals surface area contributed by atoms with E-state index in [1.807, 2.05) is 31.2 Å². The number of anilines is 1. The molecule has 1 aromatic carbocycles. The zero-order valence-electron chi connectivity index (χ0n) is 13.9. The molecule has 2 rings (SSSR count). The lowest BCUT2D eigenvalue weighted by atomic mass is 10.1. The quantitative estimate of drug-likeness (QED) is 0.849. The predicted molar refractivity (Wildman–Crippen MR) is 89.9 cm³/mol. The van der Waals surface area contributed by atoms with Crippen LogP contribution in [0.3, 0.4) is 0 Å². The summed E-state index contributed by atoms with van der Waals surface area (Å²) >= 11 is 0. The van der Waals surface area contributed by atoms with E-state index in [1.54, 1.807) is 0 Å². The summed E-state index contributed by atoms with van der Waals surface area (Å²) in [4.78, 5) is 14.8. The molecule has 1 aliphatic heterocycles. The van der Waals surface area contributed by atoms with Gasteiger partial charge in [-0.15, -0.1) is 0 Å². The van der Waals surface area contributed by atoms with Crippen LogP contribution in [0.15, 0.2) is 24.3 Å². The molecular weight excluding hydrogens is 276 g/mol. The third-order valence-corrected chi connectivity index (χ3v) is 4.66. The maximum absolute atomic E-state index is 12.5. The Bertz CT molecular complexity index is 494. The minimum atomic E-state index is -0.117. The molecule has 1 fully saturated rings. The van der Waals surface area contributed by atoms with Gasteiger partial charge in [-0.3, -0.25) is 9.69 Å². The van der Waals surface area contributed by atoms with Crippen molar-refractivity contribution in [1.29, 1.82) is 0 Å². The molecular formula is C18H28N2O2. The van der Waals surface area contributed by atoms with Crippen LogP contribution in [0.5, 0.6) is 0 Å². The van der Waals surface area contributed by atoms with E-state index in [-0.39, 0.29) is 18.6 Å². The van der Waals surface area contributed by atoms with Gasteiger partial charge in [-0.05, 0) is 64.2 Å². The fourth-order valence-corrected chi connectivity index (χ4v) is 3.45. The highest BCUT2D eigenvalue weighted by Gasteiger charge is 2.34. The van der Waals surface area contributed by atoms with Crippen molar-refractivity contribution in [2.45, 2.75) is 64.6 Å². The van der Waals surface area contributed by atoms with Crippen molar-refractivity contribution in [2.24, 2.45) is 0 Å². The van der Waals surface area contributed by atoms with Gasteiger partial charge >= 0.3 is 0 Å². The van der Waals surface area contributed by atoms with E-state index in [0.29, 0.717) is 12.1 Å². The molecule has 1 amide bonds. The Morgan fingerprint density at radius 2 is 2.05 bits per heavy atom. The smallest absolute Gasteiger partial charge is 0.241 e. The molecule has 4 heteroatoms. The molecule has 0 saturated carbocycles. The van der Waals surface area contributed by atoms with Crippen molar-refractivity contribution < 1.29 is 9.90 Å². The first-order valence-electron chi connectivity index (χ1n) is 8.31. The first-order valence-corrected chi connectivity index (χ1v) is 8.31. The van der Waals surface area contributed by atoms with Gasteiger partial charge in [0.25, 0.3) is 0 Å². The van der Waals surface area contributed by atoms with Crippen LogP contribution in [0.25, 0.3) is 0 Å². The van der Waals surface area contributed by atoms with Crippen LogP contribution < -0.4 is 5.32 Å². The molecule has 122 valence electrons. The number of nitrogens with zero attached hydrogens (tertiary/aromatic N) is 1. The molecule has 0 bridgehead atoms. The summed E-state index contributed by atoms with van der Waals surface area (Å²) in [7, 11) is 0. The van der Waals surface area contributed by atoms with Gasteiger partial charge in [0.05, 0.1) is 6.04 Å². The molecule has 2 N–H and O–H groups in total. The highest BCUT2D eigenvalue weighted by molar-refractivity contribution is 5.94. The van der Waals surface area contributed by atoms with Crippen LogP contribution in [-0.2, 0) is 11.2 Å². The molecule has 3 atom stereocenters. The number of hydrogen-bond donors (Lipinski definition) is 2. The summed E-state index contributed by atoms with van der Waals surface area (Å²) in [6, 6.07) is 8.71. The van der Waals surface area contributed by atoms with Crippen molar-refractivity contribution in [3.05, 3.63) is 29.8 Å². The minimum absolute atomic E-state index is 0.0555. The first kappa shape index (κ1) is 17.0. The largest absolute Gasteiger partial charge is 0.396 e. The molecule has 1 aliphatic rings. The number of aliphatic hydroxyl groups is 1. The standard InChI is InChI=1S/C18H28N2O2/c1-13-9-10-14(2)20(13)15(3)18(22)19-17-8-4-6-16(12-17)7-5-11-21/h4,6,8,12-15,21H,5,7,9-11H2,1-3H3,(H,19,22)/t13-,14-,15-/m1/s1. The van der Waals surface area contributed by atoms with Crippen LogP contribution in [-0.4, -0.2) is 40.6 Å². The second-order valence-electron chi connectivity index (χ2n) is 6.42. The Morgan fingerprint density at radius 1 is 1.36 bits per heavy atom. The number of likely N-dealkylation sites (tertiary alicyclic amines) is 1. The SMILES string of the molecule is C[C@@H]1CC[C@@H](C)N1[C@H](C)C(=O)Nc1cccc(CCCO)c1. The van der Waals surface area contributed by atoms with Crippen molar-refractivity contribution in [3.63, 3.8) is 0 Å². The van der Waals surface area contributed by atoms with E-state index in [4.69, 9.17) is 5.11 Å². The van der Waals surface area contributed by atoms with Gasteiger partial charge in [-0.25, -0.2) is 0 Å². The Hall–Kier alpha value is -1.39. The van der Waals surface area contributed by atoms with E-state index in [0.717, 1.165) is 36.9 Å². The van der Waals surface area contributed by atoms with Crippen LogP contribution in [0.4, 0.5) is 5.69 Å². The highest BCUT2D eigenvalue weighted by Crippen LogP contribution is 2.26. The van der Waals surface area contributed by atoms with E-state index in [2.05, 4.69) is 24.1 Å². The number of aliphatic hydroxyl groups excluding tert-OH is 1. The number of hydrogen-bond acceptors (Lipinski definition) is 3. The predicted octanol–water partition coefficient (Wildman–Crippen LogP) is 2.81. The van der Waals surface area contributed by atoms with Crippen molar-refractivity contribution in [3.8, 4) is 0 Å². The second kappa shape index (κ2) is 7.75. The molecule has 0 radical (unpaired) electrons. The Balaban J connectivity index is 1.99. The number of nitrogens with one attached hydrogen (secondary N) is 1. The lowest BCUT2D eigenvalue weighted by Crippen LogP contribution is -2.46. The van der Waals surface area contributed by atoms with E-state index in [9.17, 15) is 4.79 Å². The maximum Gasteiger partial charge on any atom is 0.241 e. The van der Waals surface area contributed by atoms with Gasteiger partial charge in [0.15, 0.2) is 0 Å². The van der Waals surface area contributed by atoms with Gasteiger partial charge in [-0.1, -0.05) is 12.1 Å². The molecule has 0 unspecified atom stereocenters. The fourth-order valence-electron chi connectivity index (χ4n) is 3.45. The lowest BCUT2D eigenvalue weighted by molar-refractivity contribution is -0.121. The molecule has 1 aromatic rings. The zero-order valence-corrected chi connectivity index (χ0v) is 13.9. The summed E-state index contributed by atoms with van der Waals surface area (Å²) < 4.78 is 0. The third-order valence-electron chi connectivity index (χ3n) is 4.66. The average molecular weight is 304 g/mol. The summed E-state index contributed by atoms with van der Waals surface area (Å²) in [5.74, 6) is 0.0555. The fraction of sp³-hybridized carbons (Fsp3) is 0.611. The summed E-state index contributed by atoms with van der Waals surface area (Å²) in [5.41, 5.74) is 1.98. The molecule has 4 nitrogen and oxygen atoms in total. The van der Waals surface area contributed by atoms with Crippen LogP contribution in [0, 0.1) is 0 Å². The molecule has 1 saturated heterocycles. The first-order chi connectivity index (χ1) is 10.5.